The van der Waals surface area contributed by atoms with Gasteiger partial charge in [-0.2, -0.15) is 4.98 Å². The van der Waals surface area contributed by atoms with Crippen LogP contribution in [0.2, 0.25) is 21.6 Å². The summed E-state index contributed by atoms with van der Waals surface area (Å²) >= 11 is 6.47. The summed E-state index contributed by atoms with van der Waals surface area (Å²) in [5.74, 6) is 2.62. The predicted octanol–water partition coefficient (Wildman–Crippen LogP) is 10.3. The lowest BCUT2D eigenvalue weighted by Crippen LogP contribution is -2.43. The number of alkyl halides is 1. The molecule has 2 N–H and O–H groups in total. The first-order valence-electron chi connectivity index (χ1n) is 21.2. The third-order valence-corrected chi connectivity index (χ3v) is 19.5. The topological polar surface area (TPSA) is 102 Å². The monoisotopic (exact) mass is 883 g/mol. The third-order valence-electron chi connectivity index (χ3n) is 13.0. The molecule has 2 atom stereocenters. The minimum atomic E-state index is -2.36. The molecule has 2 fully saturated rings. The normalized spacial score (nSPS) is 19.3. The van der Waals surface area contributed by atoms with Gasteiger partial charge in [0.1, 0.15) is 43.6 Å². The number of halogens is 4. The molecule has 0 aliphatic carbocycles. The number of hydrogen-bond donors (Lipinski definition) is 1. The number of nitrogens with zero attached hydrogens (tertiary/aromatic N) is 6. The van der Waals surface area contributed by atoms with Crippen LogP contribution in [0.1, 0.15) is 66.4 Å². The van der Waals surface area contributed by atoms with Gasteiger partial charge in [-0.05, 0) is 77.8 Å². The Balaban J connectivity index is 1.38. The van der Waals surface area contributed by atoms with Crippen molar-refractivity contribution in [3.8, 4) is 34.5 Å². The van der Waals surface area contributed by atoms with Gasteiger partial charge in [-0.25, -0.2) is 23.1 Å². The summed E-state index contributed by atoms with van der Waals surface area (Å²) in [5, 5.41) is 5.28. The largest absolute Gasteiger partial charge is 0.468 e. The van der Waals surface area contributed by atoms with Crippen molar-refractivity contribution in [3.05, 3.63) is 88.8 Å². The SMILES string of the molecule is COCOc1cc(-c2nc(N3CC(N)=CN3c3cccc(Cl)c3)c3cnc(OC[C@@]45CCCN4C[C@H](F)C5)nc3c2F)c2c(C#C[Si](C(C)C)(C(C)C)C(C)C)c(F)ccc2c1. The number of methoxy groups -OCH3 is 1. The summed E-state index contributed by atoms with van der Waals surface area (Å²) < 4.78 is 66.5. The zero-order valence-corrected chi connectivity index (χ0v) is 38.0. The molecule has 15 heteroatoms. The first kappa shape index (κ1) is 43.6. The highest BCUT2D eigenvalue weighted by Crippen LogP contribution is 2.44. The Kier molecular flexibility index (Phi) is 12.1. The van der Waals surface area contributed by atoms with Crippen molar-refractivity contribution in [1.82, 2.24) is 19.9 Å². The van der Waals surface area contributed by atoms with E-state index in [1.165, 1.54) is 19.4 Å². The average Bonchev–Trinajstić information content (AvgIpc) is 3.91. The van der Waals surface area contributed by atoms with E-state index in [1.807, 2.05) is 12.1 Å². The number of fused-ring (bicyclic) bond motifs is 3. The van der Waals surface area contributed by atoms with E-state index in [0.29, 0.717) is 45.9 Å². The fraction of sp³-hybridized carbons (Fsp3) is 0.426. The van der Waals surface area contributed by atoms with Gasteiger partial charge >= 0.3 is 6.01 Å². The van der Waals surface area contributed by atoms with E-state index < -0.39 is 31.4 Å². The van der Waals surface area contributed by atoms with Gasteiger partial charge in [0, 0.05) is 54.1 Å². The Labute approximate surface area is 367 Å². The molecule has 326 valence electrons. The number of aromatic nitrogens is 3. The maximum absolute atomic E-state index is 17.9. The molecule has 8 rings (SSSR count). The van der Waals surface area contributed by atoms with Crippen molar-refractivity contribution in [1.29, 1.82) is 0 Å². The maximum atomic E-state index is 17.9. The van der Waals surface area contributed by atoms with Crippen molar-refractivity contribution in [2.75, 3.05) is 50.2 Å². The first-order chi connectivity index (χ1) is 29.6. The van der Waals surface area contributed by atoms with Gasteiger partial charge in [0.15, 0.2) is 18.4 Å². The standard InChI is InChI=1S/C47H53ClF3N7O3Si/c1-28(2)62(29(3)4,30(5)6)17-14-37-40(50)13-12-31-18-36(61-27-59-7)20-38(41(31)37)43-42(51)44-39(22-53-46(55-44)60-26-47-15-9-16-56(47)23-33(49)21-47)45(54-43)58-25-34(52)24-57(58)35-11-8-10-32(48)19-35/h8,10-13,18-20,22,24,28-30,33H,9,15-16,21,23,25-27,52H2,1-7H3/t33-,47+/m1/s1. The molecule has 0 saturated carbocycles. The van der Waals surface area contributed by atoms with Crippen LogP contribution in [0.4, 0.5) is 24.7 Å². The minimum absolute atomic E-state index is 0.0641. The van der Waals surface area contributed by atoms with Gasteiger partial charge in [-0.1, -0.05) is 71.2 Å². The number of pyridine rings is 1. The zero-order chi connectivity index (χ0) is 44.1. The Morgan fingerprint density at radius 3 is 2.52 bits per heavy atom. The minimum Gasteiger partial charge on any atom is -0.468 e. The summed E-state index contributed by atoms with van der Waals surface area (Å²) in [6.45, 7) is 14.6. The van der Waals surface area contributed by atoms with Crippen LogP contribution < -0.4 is 25.2 Å². The first-order valence-corrected chi connectivity index (χ1v) is 23.8. The van der Waals surface area contributed by atoms with E-state index in [0.717, 1.165) is 19.4 Å². The second kappa shape index (κ2) is 17.2. The molecule has 10 nitrogen and oxygen atoms in total. The van der Waals surface area contributed by atoms with Crippen molar-refractivity contribution in [3.63, 3.8) is 0 Å². The maximum Gasteiger partial charge on any atom is 0.317 e. The Bertz CT molecular complexity index is 2600. The van der Waals surface area contributed by atoms with Gasteiger partial charge in [0.05, 0.1) is 28.7 Å². The van der Waals surface area contributed by atoms with Crippen molar-refractivity contribution < 1.29 is 27.4 Å². The number of rotatable bonds is 12. The lowest BCUT2D eigenvalue weighted by molar-refractivity contribution is 0.0512. The van der Waals surface area contributed by atoms with Crippen LogP contribution in [0, 0.1) is 23.1 Å². The molecule has 0 bridgehead atoms. The number of hydrogen-bond acceptors (Lipinski definition) is 10. The number of anilines is 2. The van der Waals surface area contributed by atoms with Gasteiger partial charge in [0.2, 0.25) is 0 Å². The van der Waals surface area contributed by atoms with E-state index in [4.69, 9.17) is 41.5 Å². The Hall–Kier alpha value is -5.07. The summed E-state index contributed by atoms with van der Waals surface area (Å²) in [4.78, 5) is 16.5. The molecule has 0 unspecified atom stereocenters. The zero-order valence-electron chi connectivity index (χ0n) is 36.2. The Morgan fingerprint density at radius 2 is 1.79 bits per heavy atom. The lowest BCUT2D eigenvalue weighted by atomic mass is 9.95. The second-order valence-corrected chi connectivity index (χ2v) is 23.7. The fourth-order valence-electron chi connectivity index (χ4n) is 10.2. The molecule has 2 saturated heterocycles. The molecule has 5 aromatic rings. The van der Waals surface area contributed by atoms with Crippen molar-refractivity contribution in [2.45, 2.75) is 89.1 Å². The van der Waals surface area contributed by atoms with Crippen LogP contribution in [-0.2, 0) is 4.74 Å². The predicted molar refractivity (Wildman–Crippen MR) is 243 cm³/mol. The summed E-state index contributed by atoms with van der Waals surface area (Å²) in [6.07, 6.45) is 4.34. The lowest BCUT2D eigenvalue weighted by Gasteiger charge is -2.38. The van der Waals surface area contributed by atoms with Gasteiger partial charge < -0.3 is 19.9 Å². The van der Waals surface area contributed by atoms with E-state index in [9.17, 15) is 4.39 Å². The highest BCUT2D eigenvalue weighted by molar-refractivity contribution is 6.90. The van der Waals surface area contributed by atoms with E-state index in [2.05, 4.69) is 62.9 Å². The van der Waals surface area contributed by atoms with Crippen LogP contribution in [0.5, 0.6) is 11.8 Å². The summed E-state index contributed by atoms with van der Waals surface area (Å²) in [7, 11) is -0.856. The average molecular weight is 885 g/mol. The van der Waals surface area contributed by atoms with Gasteiger partial charge in [0.25, 0.3) is 0 Å². The molecule has 2 aromatic heterocycles. The second-order valence-electron chi connectivity index (χ2n) is 17.7. The quantitative estimate of drug-likeness (QED) is 0.0740. The van der Waals surface area contributed by atoms with Gasteiger partial charge in [-0.15, -0.1) is 5.54 Å². The van der Waals surface area contributed by atoms with E-state index in [1.54, 1.807) is 46.5 Å². The summed E-state index contributed by atoms with van der Waals surface area (Å²) in [6, 6.07) is 13.6. The Morgan fingerprint density at radius 1 is 1.02 bits per heavy atom. The molecule has 0 amide bonds. The molecule has 0 radical (unpaired) electrons. The third kappa shape index (κ3) is 7.82. The van der Waals surface area contributed by atoms with Crippen LogP contribution in [0.3, 0.4) is 0 Å². The molecule has 3 aliphatic heterocycles. The molecule has 3 aliphatic rings. The van der Waals surface area contributed by atoms with Crippen LogP contribution in [0.25, 0.3) is 32.9 Å². The van der Waals surface area contributed by atoms with E-state index in [-0.39, 0.29) is 76.1 Å². The highest BCUT2D eigenvalue weighted by Gasteiger charge is 2.49. The van der Waals surface area contributed by atoms with Gasteiger partial charge in [-0.3, -0.25) is 14.9 Å². The fourth-order valence-corrected chi connectivity index (χ4v) is 15.6. The molecular formula is C47H53ClF3N7O3Si. The number of ether oxygens (including phenoxy) is 3. The van der Waals surface area contributed by atoms with E-state index >= 15 is 8.78 Å². The molecule has 0 spiro atoms. The van der Waals surface area contributed by atoms with Crippen LogP contribution in [0.15, 0.2) is 66.6 Å². The van der Waals surface area contributed by atoms with Crippen LogP contribution >= 0.6 is 11.6 Å². The van der Waals surface area contributed by atoms with Crippen molar-refractivity contribution >= 4 is 52.9 Å². The van der Waals surface area contributed by atoms with Crippen LogP contribution in [-0.4, -0.2) is 79.8 Å². The molecular weight excluding hydrogens is 831 g/mol. The van der Waals surface area contributed by atoms with Crippen molar-refractivity contribution in [2.24, 2.45) is 5.73 Å². The number of benzene rings is 3. The molecule has 62 heavy (non-hydrogen) atoms. The number of hydrazine groups is 1. The summed E-state index contributed by atoms with van der Waals surface area (Å²) in [5.41, 5.74) is 11.9. The smallest absolute Gasteiger partial charge is 0.317 e. The molecule has 3 aromatic carbocycles. The molecule has 5 heterocycles. The number of nitrogens with two attached hydrogens (primary N) is 1. The highest BCUT2D eigenvalue weighted by atomic mass is 35.5.